The number of amides is 3. The highest BCUT2D eigenvalue weighted by Crippen LogP contribution is 2.27. The van der Waals surface area contributed by atoms with Crippen LogP contribution in [0.5, 0.6) is 11.5 Å². The number of hydrogen-bond donors (Lipinski definition) is 3. The maximum Gasteiger partial charge on any atom is 0.272 e. The summed E-state index contributed by atoms with van der Waals surface area (Å²) in [6, 6.07) is 30.1. The largest absolute Gasteiger partial charge is 0.497 e. The van der Waals surface area contributed by atoms with Crippen molar-refractivity contribution in [2.24, 2.45) is 0 Å². The molecule has 0 fully saturated rings. The van der Waals surface area contributed by atoms with Gasteiger partial charge in [0.15, 0.2) is 0 Å². The van der Waals surface area contributed by atoms with E-state index in [4.69, 9.17) is 9.47 Å². The van der Waals surface area contributed by atoms with Crippen LogP contribution in [0.3, 0.4) is 0 Å². The molecular formula is C32H29N3O5S. The van der Waals surface area contributed by atoms with Crippen LogP contribution in [0.15, 0.2) is 114 Å². The lowest BCUT2D eigenvalue weighted by molar-refractivity contribution is -0.114. The zero-order valence-corrected chi connectivity index (χ0v) is 23.4. The third-order valence-corrected chi connectivity index (χ3v) is 6.82. The third kappa shape index (κ3) is 8.48. The van der Waals surface area contributed by atoms with Crippen LogP contribution < -0.4 is 25.4 Å². The summed E-state index contributed by atoms with van der Waals surface area (Å²) in [5, 5.41) is 8.40. The van der Waals surface area contributed by atoms with E-state index in [2.05, 4.69) is 16.0 Å². The third-order valence-electron chi connectivity index (χ3n) is 5.81. The number of para-hydroxylation sites is 1. The van der Waals surface area contributed by atoms with Crippen LogP contribution in [0.4, 0.5) is 11.4 Å². The average molecular weight is 568 g/mol. The second-order valence-electron chi connectivity index (χ2n) is 8.67. The van der Waals surface area contributed by atoms with Gasteiger partial charge in [-0.25, -0.2) is 0 Å². The Hall–Kier alpha value is -5.02. The zero-order valence-electron chi connectivity index (χ0n) is 22.5. The Morgan fingerprint density at radius 3 is 2.07 bits per heavy atom. The number of hydrogen-bond acceptors (Lipinski definition) is 6. The van der Waals surface area contributed by atoms with Gasteiger partial charge in [-0.3, -0.25) is 14.4 Å². The molecule has 4 rings (SSSR count). The predicted octanol–water partition coefficient (Wildman–Crippen LogP) is 5.84. The molecular weight excluding hydrogens is 538 g/mol. The summed E-state index contributed by atoms with van der Waals surface area (Å²) in [5.74, 6) is 0.229. The fraction of sp³-hybridized carbons (Fsp3) is 0.0938. The summed E-state index contributed by atoms with van der Waals surface area (Å²) in [4.78, 5) is 39.4. The van der Waals surface area contributed by atoms with Gasteiger partial charge in [0.05, 0.1) is 20.0 Å². The van der Waals surface area contributed by atoms with Crippen molar-refractivity contribution in [2.45, 2.75) is 4.90 Å². The maximum absolute atomic E-state index is 13.4. The second kappa shape index (κ2) is 14.4. The zero-order chi connectivity index (χ0) is 29.0. The van der Waals surface area contributed by atoms with Crippen molar-refractivity contribution in [1.82, 2.24) is 5.32 Å². The van der Waals surface area contributed by atoms with E-state index in [1.54, 1.807) is 60.7 Å². The molecule has 0 aliphatic rings. The Morgan fingerprint density at radius 1 is 0.756 bits per heavy atom. The fourth-order valence-corrected chi connectivity index (χ4v) is 4.45. The van der Waals surface area contributed by atoms with Gasteiger partial charge in [-0.05, 0) is 72.8 Å². The fourth-order valence-electron chi connectivity index (χ4n) is 3.75. The van der Waals surface area contributed by atoms with E-state index in [9.17, 15) is 14.4 Å². The molecule has 0 atom stereocenters. The summed E-state index contributed by atoms with van der Waals surface area (Å²) in [6.45, 7) is 0. The minimum atomic E-state index is -0.526. The number of nitrogens with one attached hydrogen (secondary N) is 3. The van der Waals surface area contributed by atoms with E-state index in [0.717, 1.165) is 10.6 Å². The van der Waals surface area contributed by atoms with Crippen molar-refractivity contribution in [1.29, 1.82) is 0 Å². The molecule has 4 aromatic rings. The van der Waals surface area contributed by atoms with Gasteiger partial charge in [0, 0.05) is 27.4 Å². The van der Waals surface area contributed by atoms with Crippen LogP contribution in [0, 0.1) is 0 Å². The molecule has 3 N–H and O–H groups in total. The van der Waals surface area contributed by atoms with Crippen LogP contribution in [-0.4, -0.2) is 37.7 Å². The lowest BCUT2D eigenvalue weighted by Gasteiger charge is -2.13. The Kier molecular flexibility index (Phi) is 10.2. The van der Waals surface area contributed by atoms with Crippen molar-refractivity contribution in [3.63, 3.8) is 0 Å². The molecule has 0 saturated carbocycles. The summed E-state index contributed by atoms with van der Waals surface area (Å²) >= 11 is 1.38. The topological polar surface area (TPSA) is 106 Å². The summed E-state index contributed by atoms with van der Waals surface area (Å²) < 4.78 is 10.8. The molecule has 0 aliphatic heterocycles. The van der Waals surface area contributed by atoms with Crippen molar-refractivity contribution >= 4 is 46.9 Å². The van der Waals surface area contributed by atoms with Gasteiger partial charge in [-0.15, -0.1) is 11.8 Å². The molecule has 208 valence electrons. The lowest BCUT2D eigenvalue weighted by Crippen LogP contribution is -2.30. The Bertz CT molecular complexity index is 1520. The highest BCUT2D eigenvalue weighted by Gasteiger charge is 2.17. The monoisotopic (exact) mass is 567 g/mol. The molecule has 0 spiro atoms. The van der Waals surface area contributed by atoms with Gasteiger partial charge in [-0.1, -0.05) is 36.4 Å². The molecule has 0 aliphatic carbocycles. The van der Waals surface area contributed by atoms with Crippen LogP contribution in [-0.2, 0) is 9.59 Å². The average Bonchev–Trinajstić information content (AvgIpc) is 3.01. The minimum Gasteiger partial charge on any atom is -0.497 e. The number of benzene rings is 4. The van der Waals surface area contributed by atoms with Gasteiger partial charge < -0.3 is 25.4 Å². The van der Waals surface area contributed by atoms with E-state index in [0.29, 0.717) is 28.3 Å². The molecule has 0 radical (unpaired) electrons. The van der Waals surface area contributed by atoms with Gasteiger partial charge >= 0.3 is 0 Å². The first kappa shape index (κ1) is 29.0. The normalized spacial score (nSPS) is 10.8. The molecule has 0 bridgehead atoms. The Balaban J connectivity index is 1.48. The standard InChI is InChI=1S/C32H29N3O5S/c1-39-26-15-18-29(40-2)23(19-26)20-28(35-31(37)22-9-5-3-6-10-22)32(38)34-25-13-16-27(17-14-25)41-21-30(36)33-24-11-7-4-8-12-24/h3-20H,21H2,1-2H3,(H,33,36)(H,34,38)(H,35,37)/b28-20-. The molecule has 0 heterocycles. The molecule has 0 saturated heterocycles. The highest BCUT2D eigenvalue weighted by atomic mass is 32.2. The molecule has 41 heavy (non-hydrogen) atoms. The molecule has 4 aromatic carbocycles. The van der Waals surface area contributed by atoms with Crippen molar-refractivity contribution in [3.8, 4) is 11.5 Å². The lowest BCUT2D eigenvalue weighted by atomic mass is 10.1. The van der Waals surface area contributed by atoms with Gasteiger partial charge in [0.2, 0.25) is 5.91 Å². The number of methoxy groups -OCH3 is 2. The molecule has 3 amide bonds. The molecule has 9 heteroatoms. The number of ether oxygens (including phenoxy) is 2. The molecule has 0 unspecified atom stereocenters. The number of thioether (sulfide) groups is 1. The van der Waals surface area contributed by atoms with Gasteiger partial charge in [0.25, 0.3) is 11.8 Å². The highest BCUT2D eigenvalue weighted by molar-refractivity contribution is 8.00. The van der Waals surface area contributed by atoms with E-state index in [-0.39, 0.29) is 17.4 Å². The van der Waals surface area contributed by atoms with Crippen molar-refractivity contribution < 1.29 is 23.9 Å². The first-order valence-electron chi connectivity index (χ1n) is 12.6. The van der Waals surface area contributed by atoms with Gasteiger partial charge in [-0.2, -0.15) is 0 Å². The quantitative estimate of drug-likeness (QED) is 0.155. The Labute approximate surface area is 242 Å². The van der Waals surface area contributed by atoms with Crippen LogP contribution in [0.25, 0.3) is 6.08 Å². The van der Waals surface area contributed by atoms with Crippen LogP contribution >= 0.6 is 11.8 Å². The second-order valence-corrected chi connectivity index (χ2v) is 9.72. The van der Waals surface area contributed by atoms with E-state index in [1.165, 1.54) is 32.1 Å². The number of rotatable bonds is 11. The van der Waals surface area contributed by atoms with Gasteiger partial charge in [0.1, 0.15) is 17.2 Å². The summed E-state index contributed by atoms with van der Waals surface area (Å²) in [6.07, 6.45) is 1.53. The Morgan fingerprint density at radius 2 is 1.41 bits per heavy atom. The van der Waals surface area contributed by atoms with Crippen molar-refractivity contribution in [2.75, 3.05) is 30.6 Å². The SMILES string of the molecule is COc1ccc(OC)c(/C=C(\NC(=O)c2ccccc2)C(=O)Nc2ccc(SCC(=O)Nc3ccccc3)cc2)c1. The number of anilines is 2. The van der Waals surface area contributed by atoms with Crippen LogP contribution in [0.1, 0.15) is 15.9 Å². The molecule has 8 nitrogen and oxygen atoms in total. The first-order valence-corrected chi connectivity index (χ1v) is 13.6. The minimum absolute atomic E-state index is 0.0152. The summed E-state index contributed by atoms with van der Waals surface area (Å²) in [7, 11) is 3.06. The van der Waals surface area contributed by atoms with Crippen LogP contribution in [0.2, 0.25) is 0 Å². The first-order chi connectivity index (χ1) is 19.9. The summed E-state index contributed by atoms with van der Waals surface area (Å²) in [5.41, 5.74) is 2.23. The predicted molar refractivity (Wildman–Crippen MR) is 162 cm³/mol. The van der Waals surface area contributed by atoms with Crippen molar-refractivity contribution in [3.05, 3.63) is 120 Å². The van der Waals surface area contributed by atoms with E-state index < -0.39 is 11.8 Å². The van der Waals surface area contributed by atoms with E-state index >= 15 is 0 Å². The smallest absolute Gasteiger partial charge is 0.272 e. The number of carbonyl (C=O) groups excluding carboxylic acids is 3. The number of carbonyl (C=O) groups is 3. The molecule has 0 aromatic heterocycles. The maximum atomic E-state index is 13.4. The van der Waals surface area contributed by atoms with E-state index in [1.807, 2.05) is 42.5 Å².